The van der Waals surface area contributed by atoms with Gasteiger partial charge >= 0.3 is 0 Å². The fraction of sp³-hybridized carbons (Fsp3) is 0.348. The van der Waals surface area contributed by atoms with E-state index in [1.165, 1.54) is 5.56 Å². The Labute approximate surface area is 179 Å². The SMILES string of the molecule is C=C(C)Cn1c(C(=O)N2CCN(Cc3ccc4c(c3)OCO4)CC2)cc2ccsc21. The minimum Gasteiger partial charge on any atom is -0.454 e. The number of rotatable bonds is 5. The van der Waals surface area contributed by atoms with E-state index in [0.29, 0.717) is 13.3 Å². The monoisotopic (exact) mass is 423 g/mol. The Morgan fingerprint density at radius 2 is 1.90 bits per heavy atom. The van der Waals surface area contributed by atoms with E-state index in [4.69, 9.17) is 9.47 Å². The third-order valence-corrected chi connectivity index (χ3v) is 6.60. The van der Waals surface area contributed by atoms with Crippen molar-refractivity contribution in [3.63, 3.8) is 0 Å². The first kappa shape index (κ1) is 19.2. The van der Waals surface area contributed by atoms with Crippen molar-refractivity contribution in [1.82, 2.24) is 14.4 Å². The number of hydrogen-bond acceptors (Lipinski definition) is 5. The molecule has 0 unspecified atom stereocenters. The number of allylic oxidation sites excluding steroid dienone is 1. The fourth-order valence-electron chi connectivity index (χ4n) is 4.15. The number of carbonyl (C=O) groups excluding carboxylic acids is 1. The average molecular weight is 424 g/mol. The van der Waals surface area contributed by atoms with Crippen LogP contribution < -0.4 is 9.47 Å². The Kier molecular flexibility index (Phi) is 5.00. The van der Waals surface area contributed by atoms with Gasteiger partial charge in [0.1, 0.15) is 10.5 Å². The number of aromatic nitrogens is 1. The quantitative estimate of drug-likeness (QED) is 0.583. The highest BCUT2D eigenvalue weighted by atomic mass is 32.1. The van der Waals surface area contributed by atoms with Crippen LogP contribution in [0, 0.1) is 0 Å². The van der Waals surface area contributed by atoms with Gasteiger partial charge in [0.05, 0.1) is 0 Å². The van der Waals surface area contributed by atoms with Crippen LogP contribution in [0.4, 0.5) is 0 Å². The molecule has 0 aliphatic carbocycles. The van der Waals surface area contributed by atoms with Crippen molar-refractivity contribution in [2.75, 3.05) is 33.0 Å². The lowest BCUT2D eigenvalue weighted by molar-refractivity contribution is 0.0619. The van der Waals surface area contributed by atoms with Crippen molar-refractivity contribution in [3.8, 4) is 11.5 Å². The largest absolute Gasteiger partial charge is 0.454 e. The van der Waals surface area contributed by atoms with Crippen molar-refractivity contribution >= 4 is 27.5 Å². The van der Waals surface area contributed by atoms with Gasteiger partial charge in [0.25, 0.3) is 5.91 Å². The van der Waals surface area contributed by atoms with Crippen LogP contribution >= 0.6 is 11.3 Å². The first-order valence-electron chi connectivity index (χ1n) is 10.2. The van der Waals surface area contributed by atoms with Crippen LogP contribution in [0.1, 0.15) is 23.0 Å². The number of amides is 1. The Balaban J connectivity index is 1.25. The zero-order chi connectivity index (χ0) is 20.7. The van der Waals surface area contributed by atoms with Crippen LogP contribution in [0.25, 0.3) is 10.2 Å². The molecule has 7 heteroatoms. The molecule has 0 N–H and O–H groups in total. The number of thiophene rings is 1. The van der Waals surface area contributed by atoms with Crippen LogP contribution in [-0.2, 0) is 13.1 Å². The Bertz CT molecular complexity index is 1110. The van der Waals surface area contributed by atoms with Crippen molar-refractivity contribution in [2.45, 2.75) is 20.0 Å². The van der Waals surface area contributed by atoms with Gasteiger partial charge in [-0.1, -0.05) is 18.2 Å². The summed E-state index contributed by atoms with van der Waals surface area (Å²) in [5, 5.41) is 3.20. The van der Waals surface area contributed by atoms with Crippen molar-refractivity contribution in [3.05, 3.63) is 59.1 Å². The molecule has 2 aromatic heterocycles. The first-order chi connectivity index (χ1) is 14.6. The van der Waals surface area contributed by atoms with Gasteiger partial charge in [-0.05, 0) is 42.1 Å². The lowest BCUT2D eigenvalue weighted by Crippen LogP contribution is -2.48. The van der Waals surface area contributed by atoms with E-state index < -0.39 is 0 Å². The van der Waals surface area contributed by atoms with Crippen LogP contribution in [0.15, 0.2) is 47.9 Å². The van der Waals surface area contributed by atoms with Gasteiger partial charge in [0.15, 0.2) is 11.5 Å². The maximum atomic E-state index is 13.3. The molecule has 6 nitrogen and oxygen atoms in total. The molecule has 5 rings (SSSR count). The van der Waals surface area contributed by atoms with Crippen molar-refractivity contribution < 1.29 is 14.3 Å². The second-order valence-electron chi connectivity index (χ2n) is 8.01. The minimum atomic E-state index is 0.113. The highest BCUT2D eigenvalue weighted by Crippen LogP contribution is 2.33. The molecule has 2 aliphatic rings. The third-order valence-electron chi connectivity index (χ3n) is 5.65. The lowest BCUT2D eigenvalue weighted by atomic mass is 10.1. The molecule has 30 heavy (non-hydrogen) atoms. The summed E-state index contributed by atoms with van der Waals surface area (Å²) in [6.07, 6.45) is 0. The van der Waals surface area contributed by atoms with Gasteiger partial charge in [-0.3, -0.25) is 9.69 Å². The number of piperazine rings is 1. The fourth-order valence-corrected chi connectivity index (χ4v) is 5.04. The molecule has 0 saturated carbocycles. The molecule has 0 bridgehead atoms. The number of carbonyl (C=O) groups is 1. The van der Waals surface area contributed by atoms with E-state index in [2.05, 4.69) is 39.6 Å². The Morgan fingerprint density at radius 3 is 2.70 bits per heavy atom. The maximum absolute atomic E-state index is 13.3. The van der Waals surface area contributed by atoms with Crippen molar-refractivity contribution in [1.29, 1.82) is 0 Å². The average Bonchev–Trinajstić information content (AvgIpc) is 3.45. The Morgan fingerprint density at radius 1 is 1.10 bits per heavy atom. The molecule has 0 radical (unpaired) electrons. The zero-order valence-electron chi connectivity index (χ0n) is 17.1. The predicted molar refractivity (Wildman–Crippen MR) is 118 cm³/mol. The van der Waals surface area contributed by atoms with Crippen LogP contribution in [-0.4, -0.2) is 53.2 Å². The molecular formula is C23H25N3O3S. The maximum Gasteiger partial charge on any atom is 0.270 e. The van der Waals surface area contributed by atoms with E-state index in [0.717, 1.165) is 65.7 Å². The molecular weight excluding hydrogens is 398 g/mol. The number of benzene rings is 1. The molecule has 1 amide bonds. The molecule has 4 heterocycles. The molecule has 3 aromatic rings. The van der Waals surface area contributed by atoms with Gasteiger partial charge in [0, 0.05) is 44.7 Å². The highest BCUT2D eigenvalue weighted by molar-refractivity contribution is 7.16. The summed E-state index contributed by atoms with van der Waals surface area (Å²) < 4.78 is 13.0. The minimum absolute atomic E-state index is 0.113. The van der Waals surface area contributed by atoms with Crippen LogP contribution in [0.5, 0.6) is 11.5 Å². The second-order valence-corrected chi connectivity index (χ2v) is 8.90. The summed E-state index contributed by atoms with van der Waals surface area (Å²) >= 11 is 1.67. The smallest absolute Gasteiger partial charge is 0.270 e. The van der Waals surface area contributed by atoms with E-state index in [9.17, 15) is 4.79 Å². The number of nitrogens with zero attached hydrogens (tertiary/aromatic N) is 3. The van der Waals surface area contributed by atoms with Crippen molar-refractivity contribution in [2.24, 2.45) is 0 Å². The van der Waals surface area contributed by atoms with Gasteiger partial charge < -0.3 is 18.9 Å². The van der Waals surface area contributed by atoms with Gasteiger partial charge in [-0.25, -0.2) is 0 Å². The van der Waals surface area contributed by atoms with Gasteiger partial charge in [-0.15, -0.1) is 11.3 Å². The zero-order valence-corrected chi connectivity index (χ0v) is 17.9. The van der Waals surface area contributed by atoms with Gasteiger partial charge in [-0.2, -0.15) is 0 Å². The lowest BCUT2D eigenvalue weighted by Gasteiger charge is -2.35. The van der Waals surface area contributed by atoms with E-state index >= 15 is 0 Å². The van der Waals surface area contributed by atoms with E-state index in [1.54, 1.807) is 11.3 Å². The number of fused-ring (bicyclic) bond motifs is 2. The number of hydrogen-bond donors (Lipinski definition) is 0. The van der Waals surface area contributed by atoms with Gasteiger partial charge in [0.2, 0.25) is 6.79 Å². The molecule has 1 saturated heterocycles. The molecule has 1 fully saturated rings. The van der Waals surface area contributed by atoms with E-state index in [-0.39, 0.29) is 5.91 Å². The normalized spacial score (nSPS) is 16.4. The highest BCUT2D eigenvalue weighted by Gasteiger charge is 2.26. The summed E-state index contributed by atoms with van der Waals surface area (Å²) in [4.78, 5) is 18.8. The summed E-state index contributed by atoms with van der Waals surface area (Å²) in [5.41, 5.74) is 3.02. The summed E-state index contributed by atoms with van der Waals surface area (Å²) in [5.74, 6) is 1.74. The van der Waals surface area contributed by atoms with Crippen LogP contribution in [0.3, 0.4) is 0 Å². The first-order valence-corrected chi connectivity index (χ1v) is 11.1. The Hall–Kier alpha value is -2.77. The summed E-state index contributed by atoms with van der Waals surface area (Å²) in [7, 11) is 0. The predicted octanol–water partition coefficient (Wildman–Crippen LogP) is 3.97. The van der Waals surface area contributed by atoms with Crippen LogP contribution in [0.2, 0.25) is 0 Å². The molecule has 2 aliphatic heterocycles. The molecule has 0 spiro atoms. The molecule has 0 atom stereocenters. The number of ether oxygens (including phenoxy) is 2. The molecule has 156 valence electrons. The molecule has 1 aromatic carbocycles. The standard InChI is InChI=1S/C23H25N3O3S/c1-16(2)13-26-19(12-18-5-10-30-23(18)26)22(27)25-8-6-24(7-9-25)14-17-3-4-20-21(11-17)29-15-28-20/h3-5,10-12H,1,6-9,13-15H2,2H3. The topological polar surface area (TPSA) is 46.9 Å². The second kappa shape index (κ2) is 7.81. The summed E-state index contributed by atoms with van der Waals surface area (Å²) in [6, 6.07) is 10.2. The summed E-state index contributed by atoms with van der Waals surface area (Å²) in [6.45, 7) is 11.0. The van der Waals surface area contributed by atoms with E-state index in [1.807, 2.05) is 24.0 Å². The third kappa shape index (κ3) is 3.59.